The summed E-state index contributed by atoms with van der Waals surface area (Å²) in [7, 11) is 0. The molecule has 1 fully saturated rings. The number of likely N-dealkylation sites (tertiary alicyclic amines) is 1. The van der Waals surface area contributed by atoms with Gasteiger partial charge in [0, 0.05) is 24.5 Å². The Morgan fingerprint density at radius 2 is 1.82 bits per heavy atom. The molecule has 3 amide bonds. The molecule has 2 unspecified atom stereocenters. The third-order valence-corrected chi connectivity index (χ3v) is 8.13. The average Bonchev–Trinajstić information content (AvgIpc) is 3.34. The van der Waals surface area contributed by atoms with E-state index in [1.807, 2.05) is 67.3 Å². The molecule has 208 valence electrons. The molecule has 2 aromatic carbocycles. The summed E-state index contributed by atoms with van der Waals surface area (Å²) >= 11 is 0. The van der Waals surface area contributed by atoms with Gasteiger partial charge < -0.3 is 21.3 Å². The molecule has 1 aliphatic carbocycles. The molecule has 0 spiro atoms. The van der Waals surface area contributed by atoms with Gasteiger partial charge in [0.2, 0.25) is 17.7 Å². The molecular formula is C32H42N4O3. The molecule has 39 heavy (non-hydrogen) atoms. The van der Waals surface area contributed by atoms with E-state index in [0.717, 1.165) is 35.3 Å². The number of allylic oxidation sites excluding steroid dienone is 2. The number of benzene rings is 2. The maximum Gasteiger partial charge on any atom is 0.245 e. The SMILES string of the molecule is Cc1ccccc1Nc1cccc(CN2CCCCC(NC(=O)C(CC(C)C)C3(C(N)=O)CC=CC3)C2=O)c1. The van der Waals surface area contributed by atoms with E-state index in [1.54, 1.807) is 0 Å². The summed E-state index contributed by atoms with van der Waals surface area (Å²) in [6, 6.07) is 15.6. The van der Waals surface area contributed by atoms with Crippen LogP contribution < -0.4 is 16.4 Å². The molecule has 0 saturated carbocycles. The van der Waals surface area contributed by atoms with Crippen molar-refractivity contribution in [3.63, 3.8) is 0 Å². The first-order chi connectivity index (χ1) is 18.7. The van der Waals surface area contributed by atoms with Crippen molar-refractivity contribution in [1.82, 2.24) is 10.2 Å². The molecule has 0 radical (unpaired) electrons. The van der Waals surface area contributed by atoms with Gasteiger partial charge in [-0.05, 0) is 80.7 Å². The van der Waals surface area contributed by atoms with Crippen LogP contribution in [0.5, 0.6) is 0 Å². The summed E-state index contributed by atoms with van der Waals surface area (Å²) in [6.07, 6.45) is 7.66. The van der Waals surface area contributed by atoms with E-state index in [9.17, 15) is 14.4 Å². The maximum absolute atomic E-state index is 13.7. The lowest BCUT2D eigenvalue weighted by Crippen LogP contribution is -2.53. The summed E-state index contributed by atoms with van der Waals surface area (Å²) in [5.74, 6) is -1.12. The van der Waals surface area contributed by atoms with Gasteiger partial charge in [-0.1, -0.05) is 56.3 Å². The van der Waals surface area contributed by atoms with Crippen LogP contribution in [0.25, 0.3) is 0 Å². The van der Waals surface area contributed by atoms with Crippen LogP contribution in [-0.4, -0.2) is 35.2 Å². The standard InChI is InChI=1S/C32H42N4O3/c1-22(2)19-26(32(31(33)39)16-7-8-17-32)29(37)35-28-15-6-9-18-36(30(28)38)21-24-12-10-13-25(20-24)34-27-14-5-4-11-23(27)3/h4-5,7-8,10-14,20,22,26,28,34H,6,9,15-19,21H2,1-3H3,(H2,33,39)(H,35,37). The predicted octanol–water partition coefficient (Wildman–Crippen LogP) is 5.22. The first kappa shape index (κ1) is 28.4. The Labute approximate surface area is 232 Å². The highest BCUT2D eigenvalue weighted by Gasteiger charge is 2.48. The highest BCUT2D eigenvalue weighted by molar-refractivity contribution is 5.93. The second-order valence-corrected chi connectivity index (χ2v) is 11.5. The number of hydrogen-bond donors (Lipinski definition) is 3. The van der Waals surface area contributed by atoms with Gasteiger partial charge in [0.1, 0.15) is 6.04 Å². The normalized spacial score (nSPS) is 19.5. The topological polar surface area (TPSA) is 105 Å². The molecule has 2 atom stereocenters. The Kier molecular flexibility index (Phi) is 9.10. The number of nitrogens with zero attached hydrogens (tertiary/aromatic N) is 1. The number of carbonyl (C=O) groups is 3. The van der Waals surface area contributed by atoms with Gasteiger partial charge in [-0.25, -0.2) is 0 Å². The Bertz CT molecular complexity index is 1210. The number of aryl methyl sites for hydroxylation is 1. The van der Waals surface area contributed by atoms with Gasteiger partial charge in [-0.15, -0.1) is 0 Å². The molecule has 7 heteroatoms. The van der Waals surface area contributed by atoms with Gasteiger partial charge in [0.25, 0.3) is 0 Å². The number of hydrogen-bond acceptors (Lipinski definition) is 4. The quantitative estimate of drug-likeness (QED) is 0.366. The van der Waals surface area contributed by atoms with Crippen LogP contribution in [-0.2, 0) is 20.9 Å². The summed E-state index contributed by atoms with van der Waals surface area (Å²) in [5, 5.41) is 6.53. The number of primary amides is 1. The molecule has 1 aliphatic heterocycles. The van der Waals surface area contributed by atoms with Crippen LogP contribution in [0.4, 0.5) is 11.4 Å². The molecule has 1 heterocycles. The minimum atomic E-state index is -0.924. The van der Waals surface area contributed by atoms with Gasteiger partial charge >= 0.3 is 0 Å². The molecule has 2 aliphatic rings. The van der Waals surface area contributed by atoms with E-state index in [2.05, 4.69) is 29.7 Å². The largest absolute Gasteiger partial charge is 0.369 e. The van der Waals surface area contributed by atoms with Gasteiger partial charge in [0.05, 0.1) is 11.3 Å². The predicted molar refractivity (Wildman–Crippen MR) is 155 cm³/mol. The number of nitrogens with one attached hydrogen (secondary N) is 2. The highest BCUT2D eigenvalue weighted by Crippen LogP contribution is 2.43. The van der Waals surface area contributed by atoms with Crippen LogP contribution in [0.2, 0.25) is 0 Å². The number of amides is 3. The Hall–Kier alpha value is -3.61. The van der Waals surface area contributed by atoms with Gasteiger partial charge in [0.15, 0.2) is 0 Å². The minimum absolute atomic E-state index is 0.0703. The molecule has 0 bridgehead atoms. The van der Waals surface area contributed by atoms with Crippen molar-refractivity contribution in [2.75, 3.05) is 11.9 Å². The molecule has 4 rings (SSSR count). The first-order valence-electron chi connectivity index (χ1n) is 14.2. The summed E-state index contributed by atoms with van der Waals surface area (Å²) in [4.78, 5) is 41.8. The number of carbonyl (C=O) groups excluding carboxylic acids is 3. The van der Waals surface area contributed by atoms with Crippen molar-refractivity contribution in [1.29, 1.82) is 0 Å². The fraction of sp³-hybridized carbons (Fsp3) is 0.469. The maximum atomic E-state index is 13.7. The van der Waals surface area contributed by atoms with E-state index in [4.69, 9.17) is 5.73 Å². The number of rotatable bonds is 10. The third-order valence-electron chi connectivity index (χ3n) is 8.13. The smallest absolute Gasteiger partial charge is 0.245 e. The van der Waals surface area contributed by atoms with Crippen molar-refractivity contribution in [2.24, 2.45) is 23.0 Å². The monoisotopic (exact) mass is 530 g/mol. The Morgan fingerprint density at radius 1 is 1.08 bits per heavy atom. The van der Waals surface area contributed by atoms with Crippen molar-refractivity contribution in [3.8, 4) is 0 Å². The first-order valence-corrected chi connectivity index (χ1v) is 14.2. The Balaban J connectivity index is 1.47. The van der Waals surface area contributed by atoms with Crippen LogP contribution in [0.15, 0.2) is 60.7 Å². The van der Waals surface area contributed by atoms with Crippen molar-refractivity contribution in [3.05, 3.63) is 71.8 Å². The van der Waals surface area contributed by atoms with E-state index >= 15 is 0 Å². The van der Waals surface area contributed by atoms with Gasteiger partial charge in [-0.2, -0.15) is 0 Å². The average molecular weight is 531 g/mol. The Morgan fingerprint density at radius 3 is 2.51 bits per heavy atom. The lowest BCUT2D eigenvalue weighted by molar-refractivity contribution is -0.143. The van der Waals surface area contributed by atoms with E-state index in [-0.39, 0.29) is 17.7 Å². The lowest BCUT2D eigenvalue weighted by atomic mass is 9.69. The van der Waals surface area contributed by atoms with E-state index in [0.29, 0.717) is 38.8 Å². The summed E-state index contributed by atoms with van der Waals surface area (Å²) < 4.78 is 0. The zero-order valence-electron chi connectivity index (χ0n) is 23.4. The number of anilines is 2. The molecule has 2 aromatic rings. The van der Waals surface area contributed by atoms with Gasteiger partial charge in [-0.3, -0.25) is 14.4 Å². The van der Waals surface area contributed by atoms with Crippen molar-refractivity contribution in [2.45, 2.75) is 71.9 Å². The highest BCUT2D eigenvalue weighted by atomic mass is 16.2. The van der Waals surface area contributed by atoms with E-state index in [1.165, 1.54) is 0 Å². The fourth-order valence-electron chi connectivity index (χ4n) is 5.89. The van der Waals surface area contributed by atoms with Crippen LogP contribution in [0.3, 0.4) is 0 Å². The third kappa shape index (κ3) is 6.70. The summed E-state index contributed by atoms with van der Waals surface area (Å²) in [6.45, 7) is 7.26. The second-order valence-electron chi connectivity index (χ2n) is 11.5. The van der Waals surface area contributed by atoms with Crippen LogP contribution in [0, 0.1) is 24.2 Å². The second kappa shape index (κ2) is 12.5. The van der Waals surface area contributed by atoms with Crippen molar-refractivity contribution >= 4 is 29.1 Å². The lowest BCUT2D eigenvalue weighted by Gasteiger charge is -2.36. The molecular weight excluding hydrogens is 488 g/mol. The molecule has 7 nitrogen and oxygen atoms in total. The van der Waals surface area contributed by atoms with Crippen LogP contribution >= 0.6 is 0 Å². The number of nitrogens with two attached hydrogens (primary N) is 1. The minimum Gasteiger partial charge on any atom is -0.369 e. The molecule has 1 saturated heterocycles. The van der Waals surface area contributed by atoms with Crippen molar-refractivity contribution < 1.29 is 14.4 Å². The zero-order chi connectivity index (χ0) is 28.0. The number of para-hydroxylation sites is 1. The summed E-state index contributed by atoms with van der Waals surface area (Å²) in [5.41, 5.74) is 9.14. The van der Waals surface area contributed by atoms with Crippen LogP contribution in [0.1, 0.15) is 63.5 Å². The molecule has 4 N–H and O–H groups in total. The zero-order valence-corrected chi connectivity index (χ0v) is 23.4. The molecule has 0 aromatic heterocycles. The fourth-order valence-corrected chi connectivity index (χ4v) is 5.89. The van der Waals surface area contributed by atoms with E-state index < -0.39 is 23.3 Å².